The fraction of sp³-hybridized carbons (Fsp3) is 0.417. The molecule has 0 aliphatic rings. The van der Waals surface area contributed by atoms with Crippen LogP contribution in [0.1, 0.15) is 12.0 Å². The molecule has 0 fully saturated rings. The molecule has 0 unspecified atom stereocenters. The lowest BCUT2D eigenvalue weighted by atomic mass is 10.1. The summed E-state index contributed by atoms with van der Waals surface area (Å²) >= 11 is 0. The van der Waals surface area contributed by atoms with Crippen LogP contribution in [0.5, 0.6) is 11.5 Å². The van der Waals surface area contributed by atoms with Crippen LogP contribution in [0.4, 0.5) is 5.69 Å². The van der Waals surface area contributed by atoms with Crippen molar-refractivity contribution >= 4 is 11.6 Å². The van der Waals surface area contributed by atoms with Crippen molar-refractivity contribution in [3.63, 3.8) is 0 Å². The monoisotopic (exact) mass is 239 g/mol. The van der Waals surface area contributed by atoms with Crippen molar-refractivity contribution in [1.29, 1.82) is 0 Å². The number of aryl methyl sites for hydroxylation is 1. The Morgan fingerprint density at radius 3 is 2.59 bits per heavy atom. The predicted octanol–water partition coefficient (Wildman–Crippen LogP) is 1.33. The molecule has 17 heavy (non-hydrogen) atoms. The molecular weight excluding hydrogens is 222 g/mol. The van der Waals surface area contributed by atoms with Gasteiger partial charge in [0.25, 0.3) is 0 Å². The van der Waals surface area contributed by atoms with Gasteiger partial charge in [-0.25, -0.2) is 0 Å². The first-order valence-electron chi connectivity index (χ1n) is 5.25. The SMILES string of the molecule is COc1cc(C)c(NC(=O)CCO)c(OC)c1. The van der Waals surface area contributed by atoms with Crippen LogP contribution in [-0.4, -0.2) is 31.8 Å². The molecule has 1 amide bonds. The second-order valence-electron chi connectivity index (χ2n) is 3.54. The van der Waals surface area contributed by atoms with E-state index in [0.717, 1.165) is 5.56 Å². The molecule has 0 radical (unpaired) electrons. The summed E-state index contributed by atoms with van der Waals surface area (Å²) in [6.07, 6.45) is 0.0641. The molecule has 1 aromatic carbocycles. The molecule has 0 heterocycles. The fourth-order valence-corrected chi connectivity index (χ4v) is 1.47. The average Bonchev–Trinajstić information content (AvgIpc) is 2.31. The van der Waals surface area contributed by atoms with Crippen LogP contribution in [0, 0.1) is 6.92 Å². The fourth-order valence-electron chi connectivity index (χ4n) is 1.47. The zero-order valence-corrected chi connectivity index (χ0v) is 10.2. The molecule has 5 heteroatoms. The van der Waals surface area contributed by atoms with Crippen molar-refractivity contribution in [3.05, 3.63) is 17.7 Å². The van der Waals surface area contributed by atoms with Crippen LogP contribution in [0.2, 0.25) is 0 Å². The zero-order valence-electron chi connectivity index (χ0n) is 10.2. The molecular formula is C12H17NO4. The van der Waals surface area contributed by atoms with E-state index in [0.29, 0.717) is 17.2 Å². The third kappa shape index (κ3) is 3.35. The molecule has 0 aromatic heterocycles. The second-order valence-corrected chi connectivity index (χ2v) is 3.54. The molecule has 0 saturated carbocycles. The summed E-state index contributed by atoms with van der Waals surface area (Å²) in [5.41, 5.74) is 1.44. The number of ether oxygens (including phenoxy) is 2. The number of hydrogen-bond donors (Lipinski definition) is 2. The lowest BCUT2D eigenvalue weighted by Crippen LogP contribution is -2.14. The third-order valence-corrected chi connectivity index (χ3v) is 2.33. The number of hydrogen-bond acceptors (Lipinski definition) is 4. The summed E-state index contributed by atoms with van der Waals surface area (Å²) in [5, 5.41) is 11.4. The topological polar surface area (TPSA) is 67.8 Å². The van der Waals surface area contributed by atoms with Crippen LogP contribution < -0.4 is 14.8 Å². The number of carbonyl (C=O) groups is 1. The Morgan fingerprint density at radius 1 is 1.35 bits per heavy atom. The molecule has 0 atom stereocenters. The van der Waals surface area contributed by atoms with Crippen LogP contribution in [-0.2, 0) is 4.79 Å². The van der Waals surface area contributed by atoms with Crippen molar-refractivity contribution in [2.75, 3.05) is 26.1 Å². The number of nitrogens with one attached hydrogen (secondary N) is 1. The molecule has 1 aromatic rings. The first-order chi connectivity index (χ1) is 8.12. The number of aliphatic hydroxyl groups excluding tert-OH is 1. The highest BCUT2D eigenvalue weighted by Gasteiger charge is 2.12. The normalized spacial score (nSPS) is 9.88. The smallest absolute Gasteiger partial charge is 0.226 e. The Kier molecular flexibility index (Phi) is 4.78. The Balaban J connectivity index is 3.01. The van der Waals surface area contributed by atoms with E-state index in [9.17, 15) is 4.79 Å². The molecule has 0 saturated heterocycles. The van der Waals surface area contributed by atoms with Gasteiger partial charge in [-0.3, -0.25) is 4.79 Å². The molecule has 0 spiro atoms. The minimum atomic E-state index is -0.251. The number of aliphatic hydroxyl groups is 1. The summed E-state index contributed by atoms with van der Waals surface area (Å²) in [6.45, 7) is 1.67. The summed E-state index contributed by atoms with van der Waals surface area (Å²) < 4.78 is 10.3. The molecule has 0 aliphatic carbocycles. The van der Waals surface area contributed by atoms with Gasteiger partial charge in [0.05, 0.1) is 32.9 Å². The summed E-state index contributed by atoms with van der Waals surface area (Å²) in [5.74, 6) is 0.951. The lowest BCUT2D eigenvalue weighted by Gasteiger charge is -2.14. The van der Waals surface area contributed by atoms with Crippen molar-refractivity contribution in [2.45, 2.75) is 13.3 Å². The molecule has 94 valence electrons. The van der Waals surface area contributed by atoms with Gasteiger partial charge in [0.15, 0.2) is 0 Å². The van der Waals surface area contributed by atoms with Crippen LogP contribution in [0.3, 0.4) is 0 Å². The minimum Gasteiger partial charge on any atom is -0.497 e. The maximum absolute atomic E-state index is 11.4. The van der Waals surface area contributed by atoms with E-state index >= 15 is 0 Å². The van der Waals surface area contributed by atoms with Gasteiger partial charge >= 0.3 is 0 Å². The molecule has 2 N–H and O–H groups in total. The number of anilines is 1. The van der Waals surface area contributed by atoms with Gasteiger partial charge in [-0.15, -0.1) is 0 Å². The lowest BCUT2D eigenvalue weighted by molar-refractivity contribution is -0.116. The van der Waals surface area contributed by atoms with Gasteiger partial charge < -0.3 is 19.9 Å². The second kappa shape index (κ2) is 6.10. The first kappa shape index (κ1) is 13.3. The van der Waals surface area contributed by atoms with Gasteiger partial charge in [-0.1, -0.05) is 0 Å². The molecule has 5 nitrogen and oxygen atoms in total. The largest absolute Gasteiger partial charge is 0.497 e. The summed E-state index contributed by atoms with van der Waals surface area (Å²) in [7, 11) is 3.09. The molecule has 1 rings (SSSR count). The van der Waals surface area contributed by atoms with Crippen molar-refractivity contribution in [1.82, 2.24) is 0 Å². The Morgan fingerprint density at radius 2 is 2.06 bits per heavy atom. The van der Waals surface area contributed by atoms with Gasteiger partial charge in [-0.05, 0) is 18.6 Å². The highest BCUT2D eigenvalue weighted by Crippen LogP contribution is 2.33. The van der Waals surface area contributed by atoms with E-state index in [-0.39, 0.29) is 18.9 Å². The highest BCUT2D eigenvalue weighted by molar-refractivity contribution is 5.93. The van der Waals surface area contributed by atoms with Crippen LogP contribution in [0.15, 0.2) is 12.1 Å². The number of carbonyl (C=O) groups excluding carboxylic acids is 1. The molecule has 0 bridgehead atoms. The van der Waals surface area contributed by atoms with Crippen LogP contribution in [0.25, 0.3) is 0 Å². The first-order valence-corrected chi connectivity index (χ1v) is 5.25. The Bertz CT molecular complexity index is 404. The number of benzene rings is 1. The van der Waals surface area contributed by atoms with E-state index in [1.54, 1.807) is 19.2 Å². The summed E-state index contributed by atoms with van der Waals surface area (Å²) in [6, 6.07) is 3.50. The highest BCUT2D eigenvalue weighted by atomic mass is 16.5. The number of methoxy groups -OCH3 is 2. The van der Waals surface area contributed by atoms with Gasteiger partial charge in [0.1, 0.15) is 11.5 Å². The minimum absolute atomic E-state index is 0.0641. The van der Waals surface area contributed by atoms with Gasteiger partial charge in [0.2, 0.25) is 5.91 Å². The van der Waals surface area contributed by atoms with Gasteiger partial charge in [0, 0.05) is 6.07 Å². The predicted molar refractivity (Wildman–Crippen MR) is 64.6 cm³/mol. The summed E-state index contributed by atoms with van der Waals surface area (Å²) in [4.78, 5) is 11.4. The number of rotatable bonds is 5. The Labute approximate surface area is 100 Å². The number of amides is 1. The maximum atomic E-state index is 11.4. The quantitative estimate of drug-likeness (QED) is 0.813. The third-order valence-electron chi connectivity index (χ3n) is 2.33. The zero-order chi connectivity index (χ0) is 12.8. The van der Waals surface area contributed by atoms with Crippen molar-refractivity contribution < 1.29 is 19.4 Å². The van der Waals surface area contributed by atoms with E-state index in [1.165, 1.54) is 7.11 Å². The average molecular weight is 239 g/mol. The van der Waals surface area contributed by atoms with E-state index in [1.807, 2.05) is 6.92 Å². The van der Waals surface area contributed by atoms with Crippen molar-refractivity contribution in [2.24, 2.45) is 0 Å². The Hall–Kier alpha value is -1.75. The van der Waals surface area contributed by atoms with E-state index in [4.69, 9.17) is 14.6 Å². The van der Waals surface area contributed by atoms with Crippen molar-refractivity contribution in [3.8, 4) is 11.5 Å². The van der Waals surface area contributed by atoms with E-state index < -0.39 is 0 Å². The van der Waals surface area contributed by atoms with Gasteiger partial charge in [-0.2, -0.15) is 0 Å². The van der Waals surface area contributed by atoms with E-state index in [2.05, 4.69) is 5.32 Å². The standard InChI is InChI=1S/C12H17NO4/c1-8-6-9(16-2)7-10(17-3)12(8)13-11(15)4-5-14/h6-7,14H,4-5H2,1-3H3,(H,13,15). The van der Waals surface area contributed by atoms with Crippen LogP contribution >= 0.6 is 0 Å². The maximum Gasteiger partial charge on any atom is 0.226 e. The molecule has 0 aliphatic heterocycles.